The van der Waals surface area contributed by atoms with Crippen molar-refractivity contribution in [3.05, 3.63) is 60.2 Å². The molecule has 2 nitrogen and oxygen atoms in total. The molecule has 0 fully saturated rings. The molecule has 0 radical (unpaired) electrons. The van der Waals surface area contributed by atoms with Gasteiger partial charge in [0, 0.05) is 23.2 Å². The maximum absolute atomic E-state index is 6.08. The smallest absolute Gasteiger partial charge is 0.137 e. The van der Waals surface area contributed by atoms with Gasteiger partial charge in [0.2, 0.25) is 0 Å². The molecule has 0 bridgehead atoms. The maximum Gasteiger partial charge on any atom is 0.137 e. The second-order valence-electron chi connectivity index (χ2n) is 6.56. The van der Waals surface area contributed by atoms with Gasteiger partial charge in [-0.3, -0.25) is 0 Å². The number of nitrogens with zero attached hydrogens (tertiary/aromatic N) is 1. The van der Waals surface area contributed by atoms with Gasteiger partial charge in [-0.25, -0.2) is 0 Å². The number of hydrogen-bond donors (Lipinski definition) is 0. The Morgan fingerprint density at radius 3 is 2.46 bits per heavy atom. The van der Waals surface area contributed by atoms with Gasteiger partial charge in [0.05, 0.1) is 16.4 Å². The first-order valence-electron chi connectivity index (χ1n) is 8.60. The highest BCUT2D eigenvalue weighted by atomic mass is 16.3. The first kappa shape index (κ1) is 13.7. The van der Waals surface area contributed by atoms with E-state index in [2.05, 4.69) is 61.0 Å². The second-order valence-corrected chi connectivity index (χ2v) is 6.56. The van der Waals surface area contributed by atoms with Crippen LogP contribution in [0, 0.1) is 0 Å². The summed E-state index contributed by atoms with van der Waals surface area (Å²) in [6.45, 7) is 2.24. The van der Waals surface area contributed by atoms with Gasteiger partial charge in [0.15, 0.2) is 0 Å². The summed E-state index contributed by atoms with van der Waals surface area (Å²) in [5, 5.41) is 5.07. The predicted molar refractivity (Wildman–Crippen MR) is 102 cm³/mol. The van der Waals surface area contributed by atoms with Crippen LogP contribution < -0.4 is 0 Å². The molecule has 2 aromatic heterocycles. The molecule has 0 atom stereocenters. The van der Waals surface area contributed by atoms with E-state index >= 15 is 0 Å². The van der Waals surface area contributed by atoms with E-state index in [1.54, 1.807) is 0 Å². The molecule has 0 unspecified atom stereocenters. The van der Waals surface area contributed by atoms with Crippen LogP contribution in [0.1, 0.15) is 18.9 Å². The molecule has 0 saturated carbocycles. The topological polar surface area (TPSA) is 18.1 Å². The highest BCUT2D eigenvalue weighted by Gasteiger charge is 2.17. The van der Waals surface area contributed by atoms with E-state index in [1.807, 2.05) is 12.1 Å². The summed E-state index contributed by atoms with van der Waals surface area (Å²) >= 11 is 0. The summed E-state index contributed by atoms with van der Waals surface area (Å²) < 4.78 is 8.44. The molecule has 2 heterocycles. The van der Waals surface area contributed by atoms with Gasteiger partial charge in [-0.2, -0.15) is 0 Å². The molecule has 3 aromatic carbocycles. The second kappa shape index (κ2) is 4.88. The lowest BCUT2D eigenvalue weighted by Crippen LogP contribution is -1.93. The van der Waals surface area contributed by atoms with Crippen LogP contribution in [0.3, 0.4) is 0 Å². The molecule has 0 aliphatic rings. The van der Waals surface area contributed by atoms with Crippen molar-refractivity contribution in [1.29, 1.82) is 0 Å². The third kappa shape index (κ3) is 1.66. The van der Waals surface area contributed by atoms with Crippen LogP contribution in [-0.2, 0) is 13.5 Å². The Morgan fingerprint density at radius 1 is 0.792 bits per heavy atom. The highest BCUT2D eigenvalue weighted by molar-refractivity contribution is 6.24. The summed E-state index contributed by atoms with van der Waals surface area (Å²) in [5.74, 6) is 0. The van der Waals surface area contributed by atoms with Crippen molar-refractivity contribution in [2.24, 2.45) is 7.05 Å². The van der Waals surface area contributed by atoms with Crippen LogP contribution in [0.5, 0.6) is 0 Å². The predicted octanol–water partition coefficient (Wildman–Crippen LogP) is 6.18. The Labute approximate surface area is 140 Å². The van der Waals surface area contributed by atoms with Crippen LogP contribution in [0.4, 0.5) is 0 Å². The molecule has 2 heteroatoms. The largest absolute Gasteiger partial charge is 0.456 e. The minimum Gasteiger partial charge on any atom is -0.456 e. The fourth-order valence-electron chi connectivity index (χ4n) is 4.15. The Bertz CT molecular complexity index is 1220. The minimum atomic E-state index is 0.957. The Kier molecular flexibility index (Phi) is 2.78. The van der Waals surface area contributed by atoms with Crippen molar-refractivity contribution in [1.82, 2.24) is 4.57 Å². The van der Waals surface area contributed by atoms with E-state index in [1.165, 1.54) is 38.1 Å². The lowest BCUT2D eigenvalue weighted by molar-refractivity contribution is 0.669. The zero-order valence-corrected chi connectivity index (χ0v) is 14.0. The van der Waals surface area contributed by atoms with Crippen LogP contribution in [0.25, 0.3) is 43.7 Å². The maximum atomic E-state index is 6.08. The number of para-hydroxylation sites is 2. The third-order valence-electron chi connectivity index (χ3n) is 5.12. The lowest BCUT2D eigenvalue weighted by Gasteiger charge is -2.05. The summed E-state index contributed by atoms with van der Waals surface area (Å²) in [7, 11) is 2.19. The normalized spacial score (nSPS) is 12.1. The van der Waals surface area contributed by atoms with Crippen molar-refractivity contribution in [2.45, 2.75) is 19.8 Å². The van der Waals surface area contributed by atoms with Crippen molar-refractivity contribution in [3.63, 3.8) is 0 Å². The first-order valence-corrected chi connectivity index (χ1v) is 8.60. The van der Waals surface area contributed by atoms with E-state index in [0.717, 1.165) is 24.0 Å². The summed E-state index contributed by atoms with van der Waals surface area (Å²) in [5.41, 5.74) is 5.98. The Morgan fingerprint density at radius 2 is 1.58 bits per heavy atom. The molecule has 5 rings (SSSR count). The molecule has 5 aromatic rings. The van der Waals surface area contributed by atoms with Crippen LogP contribution in [-0.4, -0.2) is 4.57 Å². The molecule has 0 aliphatic carbocycles. The molecule has 0 spiro atoms. The summed E-state index contributed by atoms with van der Waals surface area (Å²) in [4.78, 5) is 0. The number of rotatable bonds is 2. The van der Waals surface area contributed by atoms with Crippen molar-refractivity contribution < 1.29 is 4.42 Å². The molecule has 24 heavy (non-hydrogen) atoms. The van der Waals surface area contributed by atoms with E-state index in [-0.39, 0.29) is 0 Å². The molecule has 118 valence electrons. The quantitative estimate of drug-likeness (QED) is 0.380. The van der Waals surface area contributed by atoms with Crippen molar-refractivity contribution in [2.75, 3.05) is 0 Å². The molecule has 0 N–H and O–H groups in total. The highest BCUT2D eigenvalue weighted by Crippen LogP contribution is 2.39. The fourth-order valence-corrected chi connectivity index (χ4v) is 4.15. The van der Waals surface area contributed by atoms with E-state index < -0.39 is 0 Å². The van der Waals surface area contributed by atoms with E-state index in [0.29, 0.717) is 0 Å². The van der Waals surface area contributed by atoms with Gasteiger partial charge in [0.1, 0.15) is 11.2 Å². The van der Waals surface area contributed by atoms with Crippen LogP contribution in [0.15, 0.2) is 59.0 Å². The molecule has 0 aliphatic heterocycles. The van der Waals surface area contributed by atoms with Gasteiger partial charge in [-0.05, 0) is 30.2 Å². The first-order chi connectivity index (χ1) is 11.8. The van der Waals surface area contributed by atoms with Crippen LogP contribution >= 0.6 is 0 Å². The minimum absolute atomic E-state index is 0.957. The number of furan rings is 1. The van der Waals surface area contributed by atoms with Crippen molar-refractivity contribution in [3.8, 4) is 0 Å². The summed E-state index contributed by atoms with van der Waals surface area (Å²) in [6, 6.07) is 19.3. The Balaban J connectivity index is 2.06. The molecular formula is C22H19NO. The van der Waals surface area contributed by atoms with Gasteiger partial charge >= 0.3 is 0 Å². The monoisotopic (exact) mass is 313 g/mol. The average molecular weight is 313 g/mol. The molecule has 0 saturated heterocycles. The zero-order chi connectivity index (χ0) is 16.3. The van der Waals surface area contributed by atoms with E-state index in [4.69, 9.17) is 4.42 Å². The van der Waals surface area contributed by atoms with Gasteiger partial charge in [-0.1, -0.05) is 49.7 Å². The standard InChI is InChI=1S/C22H19NO/c1-3-7-14-8-6-10-15-16-12-13-19-20(22(16)23(2)21(14)15)17-9-4-5-11-18(17)24-19/h4-6,8-13H,3,7H2,1-2H3. The lowest BCUT2D eigenvalue weighted by atomic mass is 10.0. The molecule has 0 amide bonds. The number of aromatic nitrogens is 1. The Hall–Kier alpha value is -2.74. The third-order valence-corrected chi connectivity index (χ3v) is 5.12. The number of benzene rings is 3. The summed E-state index contributed by atoms with van der Waals surface area (Å²) in [6.07, 6.45) is 2.27. The zero-order valence-electron chi connectivity index (χ0n) is 14.0. The molecular weight excluding hydrogens is 294 g/mol. The van der Waals surface area contributed by atoms with Gasteiger partial charge in [-0.15, -0.1) is 0 Å². The van der Waals surface area contributed by atoms with Crippen LogP contribution in [0.2, 0.25) is 0 Å². The van der Waals surface area contributed by atoms with E-state index in [9.17, 15) is 0 Å². The number of fused-ring (bicyclic) bond motifs is 7. The van der Waals surface area contributed by atoms with Gasteiger partial charge in [0.25, 0.3) is 0 Å². The van der Waals surface area contributed by atoms with Crippen molar-refractivity contribution >= 4 is 43.7 Å². The number of aryl methyl sites for hydroxylation is 2. The fraction of sp³-hybridized carbons (Fsp3) is 0.182. The van der Waals surface area contributed by atoms with Gasteiger partial charge < -0.3 is 8.98 Å². The SMILES string of the molecule is CCCc1cccc2c3ccc4oc5ccccc5c4c3n(C)c12. The average Bonchev–Trinajstić information content (AvgIpc) is 3.12. The number of hydrogen-bond acceptors (Lipinski definition) is 1.